The highest BCUT2D eigenvalue weighted by Crippen LogP contribution is 2.36. The van der Waals surface area contributed by atoms with E-state index < -0.39 is 6.36 Å². The lowest BCUT2D eigenvalue weighted by Crippen LogP contribution is -2.30. The maximum absolute atomic E-state index is 13.1. The van der Waals surface area contributed by atoms with Crippen LogP contribution < -0.4 is 20.9 Å². The second-order valence-corrected chi connectivity index (χ2v) is 9.10. The Kier molecular flexibility index (Phi) is 6.55. The average Bonchev–Trinajstić information content (AvgIpc) is 3.46. The molecule has 3 N–H and O–H groups in total. The molecule has 0 fully saturated rings. The third kappa shape index (κ3) is 4.93. The number of nitrogens with zero attached hydrogens (tertiary/aromatic N) is 4. The Hall–Kier alpha value is -4.35. The fraction of sp³-hybridized carbons (Fsp3) is 0.308. The number of aryl methyl sites for hydroxylation is 1. The summed E-state index contributed by atoms with van der Waals surface area (Å²) in [6, 6.07) is 11.0. The van der Waals surface area contributed by atoms with Crippen molar-refractivity contribution < 1.29 is 22.7 Å². The number of H-pyrrole nitrogens is 1. The minimum Gasteiger partial charge on any atom is -0.406 e. The van der Waals surface area contributed by atoms with E-state index in [0.29, 0.717) is 41.7 Å². The number of hydrogen-bond acceptors (Lipinski definition) is 6. The molecular weight excluding hydrogens is 501 g/mol. The molecule has 5 rings (SSSR count). The number of amides is 1. The number of fused-ring (bicyclic) bond motifs is 2. The number of aromatic nitrogens is 4. The number of carbonyl (C=O) groups excluding carboxylic acids is 1. The van der Waals surface area contributed by atoms with Gasteiger partial charge in [-0.1, -0.05) is 31.5 Å². The first kappa shape index (κ1) is 25.3. The van der Waals surface area contributed by atoms with Gasteiger partial charge in [0.25, 0.3) is 5.56 Å². The number of nitrogens with two attached hydrogens (primary N) is 1. The van der Waals surface area contributed by atoms with Crippen molar-refractivity contribution >= 4 is 28.3 Å². The molecular formula is C26H25F3N6O3. The molecule has 0 radical (unpaired) electrons. The van der Waals surface area contributed by atoms with Gasteiger partial charge in [0.05, 0.1) is 11.8 Å². The van der Waals surface area contributed by atoms with E-state index >= 15 is 0 Å². The molecule has 38 heavy (non-hydrogen) atoms. The fourth-order valence-electron chi connectivity index (χ4n) is 4.76. The number of ether oxygens (including phenoxy) is 1. The molecule has 0 saturated carbocycles. The van der Waals surface area contributed by atoms with E-state index in [1.807, 2.05) is 25.1 Å². The van der Waals surface area contributed by atoms with E-state index in [9.17, 15) is 22.8 Å². The first-order chi connectivity index (χ1) is 18.1. The van der Waals surface area contributed by atoms with Gasteiger partial charge in [0.15, 0.2) is 5.82 Å². The Morgan fingerprint density at radius 2 is 2.03 bits per heavy atom. The van der Waals surface area contributed by atoms with Gasteiger partial charge in [-0.05, 0) is 48.2 Å². The number of nitrogen functional groups attached to an aromatic ring is 1. The van der Waals surface area contributed by atoms with Crippen LogP contribution in [0, 0.1) is 0 Å². The Labute approximate surface area is 215 Å². The summed E-state index contributed by atoms with van der Waals surface area (Å²) >= 11 is 0. The number of rotatable bonds is 7. The highest BCUT2D eigenvalue weighted by Gasteiger charge is 2.31. The van der Waals surface area contributed by atoms with Crippen molar-refractivity contribution in [2.24, 2.45) is 0 Å². The Balaban J connectivity index is 1.42. The molecule has 12 heteroatoms. The zero-order valence-corrected chi connectivity index (χ0v) is 20.5. The maximum Gasteiger partial charge on any atom is 0.573 e. The van der Waals surface area contributed by atoms with Crippen molar-refractivity contribution in [3.63, 3.8) is 0 Å². The van der Waals surface area contributed by atoms with Crippen LogP contribution in [0.2, 0.25) is 0 Å². The molecule has 3 heterocycles. The van der Waals surface area contributed by atoms with E-state index in [-0.39, 0.29) is 29.5 Å². The van der Waals surface area contributed by atoms with Gasteiger partial charge in [-0.2, -0.15) is 10.2 Å². The van der Waals surface area contributed by atoms with E-state index in [1.54, 1.807) is 15.6 Å². The van der Waals surface area contributed by atoms with Crippen LogP contribution >= 0.6 is 0 Å². The van der Waals surface area contributed by atoms with Gasteiger partial charge >= 0.3 is 6.36 Å². The predicted octanol–water partition coefficient (Wildman–Crippen LogP) is 4.20. The Morgan fingerprint density at radius 1 is 1.21 bits per heavy atom. The number of anilines is 2. The van der Waals surface area contributed by atoms with Crippen LogP contribution in [0.5, 0.6) is 5.75 Å². The summed E-state index contributed by atoms with van der Waals surface area (Å²) in [6.07, 6.45) is -2.52. The Morgan fingerprint density at radius 3 is 2.79 bits per heavy atom. The molecule has 198 valence electrons. The number of halogens is 3. The molecule has 0 aliphatic carbocycles. The van der Waals surface area contributed by atoms with Crippen molar-refractivity contribution in [2.75, 3.05) is 17.2 Å². The highest BCUT2D eigenvalue weighted by atomic mass is 19.4. The lowest BCUT2D eigenvalue weighted by molar-refractivity contribution is -0.274. The summed E-state index contributed by atoms with van der Waals surface area (Å²) in [5.41, 5.74) is 9.48. The van der Waals surface area contributed by atoms with Gasteiger partial charge in [-0.3, -0.25) is 14.3 Å². The topological polar surface area (TPSA) is 119 Å². The quantitative estimate of drug-likeness (QED) is 0.373. The molecule has 0 atom stereocenters. The number of aromatic amines is 1. The number of benzene rings is 2. The third-order valence-electron chi connectivity index (χ3n) is 6.46. The van der Waals surface area contributed by atoms with Gasteiger partial charge in [0.1, 0.15) is 17.0 Å². The fourth-order valence-corrected chi connectivity index (χ4v) is 4.76. The summed E-state index contributed by atoms with van der Waals surface area (Å²) in [5.74, 6) is -0.436. The largest absolute Gasteiger partial charge is 0.573 e. The van der Waals surface area contributed by atoms with Gasteiger partial charge in [0, 0.05) is 24.3 Å². The highest BCUT2D eigenvalue weighted by molar-refractivity contribution is 6.01. The second-order valence-electron chi connectivity index (χ2n) is 9.10. The molecule has 2 aromatic carbocycles. The van der Waals surface area contributed by atoms with Crippen LogP contribution in [0.25, 0.3) is 22.2 Å². The number of nitrogens with one attached hydrogen (secondary N) is 1. The first-order valence-corrected chi connectivity index (χ1v) is 12.2. The van der Waals surface area contributed by atoms with Crippen LogP contribution in [-0.4, -0.2) is 38.8 Å². The number of hydrogen-bond donors (Lipinski definition) is 2. The lowest BCUT2D eigenvalue weighted by atomic mass is 10.0. The SMILES string of the molecule is CCCCn1nc(-c2ccc3c(c2)CCN3C(=O)Cc2cccc(OC(F)(F)F)c2)c2c(N)n[nH]c(=O)c21. The number of alkyl halides is 3. The molecule has 0 saturated heterocycles. The molecule has 4 aromatic rings. The van der Waals surface area contributed by atoms with Crippen molar-refractivity contribution in [3.05, 3.63) is 63.9 Å². The van der Waals surface area contributed by atoms with Crippen molar-refractivity contribution in [3.8, 4) is 17.0 Å². The molecule has 9 nitrogen and oxygen atoms in total. The van der Waals surface area contributed by atoms with Crippen LogP contribution in [0.3, 0.4) is 0 Å². The molecule has 0 bridgehead atoms. The average molecular weight is 527 g/mol. The zero-order chi connectivity index (χ0) is 27.0. The molecule has 0 spiro atoms. The van der Waals surface area contributed by atoms with Gasteiger partial charge in [0.2, 0.25) is 5.91 Å². The number of unbranched alkanes of at least 4 members (excludes halogenated alkanes) is 1. The number of carbonyl (C=O) groups is 1. The minimum absolute atomic E-state index is 0.0757. The second kappa shape index (κ2) is 9.84. The minimum atomic E-state index is -4.81. The lowest BCUT2D eigenvalue weighted by Gasteiger charge is -2.18. The molecule has 2 aromatic heterocycles. The zero-order valence-electron chi connectivity index (χ0n) is 20.5. The first-order valence-electron chi connectivity index (χ1n) is 12.2. The van der Waals surface area contributed by atoms with Crippen LogP contribution in [-0.2, 0) is 24.2 Å². The van der Waals surface area contributed by atoms with Gasteiger partial charge in [-0.15, -0.1) is 13.2 Å². The van der Waals surface area contributed by atoms with Gasteiger partial charge in [-0.25, -0.2) is 5.10 Å². The van der Waals surface area contributed by atoms with Crippen LogP contribution in [0.1, 0.15) is 30.9 Å². The van der Waals surface area contributed by atoms with E-state index in [4.69, 9.17) is 10.8 Å². The third-order valence-corrected chi connectivity index (χ3v) is 6.46. The van der Waals surface area contributed by atoms with Crippen molar-refractivity contribution in [1.29, 1.82) is 0 Å². The van der Waals surface area contributed by atoms with Crippen LogP contribution in [0.15, 0.2) is 47.3 Å². The van der Waals surface area contributed by atoms with E-state index in [1.165, 1.54) is 18.2 Å². The van der Waals surface area contributed by atoms with Crippen LogP contribution in [0.4, 0.5) is 24.7 Å². The normalized spacial score (nSPS) is 13.2. The molecule has 1 aliphatic heterocycles. The summed E-state index contributed by atoms with van der Waals surface area (Å²) < 4.78 is 43.3. The summed E-state index contributed by atoms with van der Waals surface area (Å²) in [7, 11) is 0. The standard InChI is InChI=1S/C26H25F3N6O3/c1-2-3-10-35-23-21(24(30)31-32-25(23)37)22(33-35)17-7-8-19-16(14-17)9-11-34(19)20(36)13-15-5-4-6-18(12-15)38-26(27,28)29/h4-8,12,14H,2-3,9-11,13H2,1H3,(H2,30,31)(H,32,37). The maximum atomic E-state index is 13.1. The molecule has 0 unspecified atom stereocenters. The predicted molar refractivity (Wildman–Crippen MR) is 136 cm³/mol. The van der Waals surface area contributed by atoms with Gasteiger partial charge < -0.3 is 15.4 Å². The Bertz CT molecular complexity index is 1580. The summed E-state index contributed by atoms with van der Waals surface area (Å²) in [6.45, 7) is 3.04. The van der Waals surface area contributed by atoms with Crippen molar-refractivity contribution in [1.82, 2.24) is 20.0 Å². The monoisotopic (exact) mass is 526 g/mol. The molecule has 1 aliphatic rings. The molecule has 1 amide bonds. The smallest absolute Gasteiger partial charge is 0.406 e. The van der Waals surface area contributed by atoms with Crippen molar-refractivity contribution in [2.45, 2.75) is 45.5 Å². The van der Waals surface area contributed by atoms with E-state index in [2.05, 4.69) is 14.9 Å². The summed E-state index contributed by atoms with van der Waals surface area (Å²) in [4.78, 5) is 27.3. The summed E-state index contributed by atoms with van der Waals surface area (Å²) in [5, 5.41) is 11.5. The van der Waals surface area contributed by atoms with E-state index in [0.717, 1.165) is 29.7 Å².